The molecule has 0 aliphatic heterocycles. The molecule has 1 fully saturated rings. The van der Waals surface area contributed by atoms with Crippen molar-refractivity contribution in [3.05, 3.63) is 35.4 Å². The molecule has 0 aromatic heterocycles. The molecule has 2 rings (SSSR count). The first-order valence-corrected chi connectivity index (χ1v) is 10.9. The van der Waals surface area contributed by atoms with Crippen molar-refractivity contribution in [2.45, 2.75) is 58.7 Å². The van der Waals surface area contributed by atoms with Crippen molar-refractivity contribution >= 4 is 18.0 Å². The summed E-state index contributed by atoms with van der Waals surface area (Å²) in [5.74, 6) is 0.672. The van der Waals surface area contributed by atoms with Crippen LogP contribution < -0.4 is 10.6 Å². The number of nitrogens with one attached hydrogen (secondary N) is 2. The summed E-state index contributed by atoms with van der Waals surface area (Å²) in [5.41, 5.74) is 1.17. The monoisotopic (exact) mass is 431 g/mol. The minimum absolute atomic E-state index is 0.0183. The fourth-order valence-electron chi connectivity index (χ4n) is 2.95. The maximum absolute atomic E-state index is 12.5. The Bertz CT molecular complexity index is 764. The summed E-state index contributed by atoms with van der Waals surface area (Å²) < 4.78 is 5.54. The second kappa shape index (κ2) is 11.0. The SMILES string of the molecule is CCNC(=NCc1ccc(C(=O)N(C)C)cc1)NCCN(C(=O)OC(C)(C)C)C1CC1. The van der Waals surface area contributed by atoms with Crippen LogP contribution in [-0.4, -0.2) is 73.1 Å². The van der Waals surface area contributed by atoms with E-state index in [0.29, 0.717) is 31.2 Å². The Morgan fingerprint density at radius 2 is 1.77 bits per heavy atom. The predicted octanol–water partition coefficient (Wildman–Crippen LogP) is 2.84. The maximum atomic E-state index is 12.5. The van der Waals surface area contributed by atoms with Crippen LogP contribution in [0.15, 0.2) is 29.3 Å². The van der Waals surface area contributed by atoms with Gasteiger partial charge in [0.15, 0.2) is 5.96 Å². The Hall–Kier alpha value is -2.77. The molecule has 0 unspecified atom stereocenters. The first-order valence-electron chi connectivity index (χ1n) is 10.9. The summed E-state index contributed by atoms with van der Waals surface area (Å²) in [6.45, 7) is 10.0. The van der Waals surface area contributed by atoms with Gasteiger partial charge in [-0.15, -0.1) is 0 Å². The third kappa shape index (κ3) is 8.47. The van der Waals surface area contributed by atoms with E-state index >= 15 is 0 Å². The zero-order valence-electron chi connectivity index (χ0n) is 19.7. The molecule has 31 heavy (non-hydrogen) atoms. The third-order valence-corrected chi connectivity index (χ3v) is 4.63. The predicted molar refractivity (Wildman–Crippen MR) is 123 cm³/mol. The number of carbonyl (C=O) groups excluding carboxylic acids is 2. The van der Waals surface area contributed by atoms with Crippen LogP contribution in [0.5, 0.6) is 0 Å². The lowest BCUT2D eigenvalue weighted by molar-refractivity contribution is 0.0237. The van der Waals surface area contributed by atoms with Crippen LogP contribution >= 0.6 is 0 Å². The summed E-state index contributed by atoms with van der Waals surface area (Å²) in [6, 6.07) is 7.76. The number of guanidine groups is 1. The van der Waals surface area contributed by atoms with Gasteiger partial charge < -0.3 is 25.2 Å². The molecule has 8 nitrogen and oxygen atoms in total. The van der Waals surface area contributed by atoms with Gasteiger partial charge in [0.1, 0.15) is 5.60 Å². The van der Waals surface area contributed by atoms with Crippen LogP contribution in [0.2, 0.25) is 0 Å². The molecule has 1 aromatic rings. The molecule has 2 N–H and O–H groups in total. The number of carbonyl (C=O) groups is 2. The molecule has 1 aliphatic carbocycles. The van der Waals surface area contributed by atoms with Gasteiger partial charge in [0.25, 0.3) is 5.91 Å². The molecule has 0 radical (unpaired) electrons. The van der Waals surface area contributed by atoms with E-state index in [1.54, 1.807) is 19.0 Å². The molecule has 1 aliphatic rings. The van der Waals surface area contributed by atoms with Crippen molar-refractivity contribution in [2.24, 2.45) is 4.99 Å². The van der Waals surface area contributed by atoms with Gasteiger partial charge in [-0.3, -0.25) is 4.79 Å². The zero-order valence-corrected chi connectivity index (χ0v) is 19.7. The van der Waals surface area contributed by atoms with Crippen molar-refractivity contribution in [3.63, 3.8) is 0 Å². The highest BCUT2D eigenvalue weighted by atomic mass is 16.6. The van der Waals surface area contributed by atoms with Crippen molar-refractivity contribution < 1.29 is 14.3 Å². The van der Waals surface area contributed by atoms with Crippen molar-refractivity contribution in [1.82, 2.24) is 20.4 Å². The summed E-state index contributed by atoms with van der Waals surface area (Å²) in [7, 11) is 3.48. The van der Waals surface area contributed by atoms with E-state index in [4.69, 9.17) is 4.74 Å². The zero-order chi connectivity index (χ0) is 23.0. The first kappa shape index (κ1) is 24.5. The van der Waals surface area contributed by atoms with Gasteiger partial charge in [-0.05, 0) is 58.2 Å². The van der Waals surface area contributed by atoms with E-state index in [1.165, 1.54) is 0 Å². The molecule has 0 saturated heterocycles. The molecule has 0 bridgehead atoms. The van der Waals surface area contributed by atoms with Crippen molar-refractivity contribution in [2.75, 3.05) is 33.7 Å². The van der Waals surface area contributed by atoms with E-state index in [1.807, 2.05) is 56.9 Å². The van der Waals surface area contributed by atoms with E-state index in [2.05, 4.69) is 15.6 Å². The van der Waals surface area contributed by atoms with Crippen LogP contribution in [0.25, 0.3) is 0 Å². The molecule has 8 heteroatoms. The van der Waals surface area contributed by atoms with Crippen molar-refractivity contribution in [1.29, 1.82) is 0 Å². The number of nitrogens with zero attached hydrogens (tertiary/aromatic N) is 3. The molecule has 0 atom stereocenters. The molecular formula is C23H37N5O3. The molecule has 1 aromatic carbocycles. The van der Waals surface area contributed by atoms with E-state index in [-0.39, 0.29) is 18.0 Å². The number of aliphatic imine (C=N–C) groups is 1. The lowest BCUT2D eigenvalue weighted by Gasteiger charge is -2.27. The third-order valence-electron chi connectivity index (χ3n) is 4.63. The average Bonchev–Trinajstić information content (AvgIpc) is 3.52. The highest BCUT2D eigenvalue weighted by molar-refractivity contribution is 5.93. The number of hydrogen-bond acceptors (Lipinski definition) is 4. The smallest absolute Gasteiger partial charge is 0.410 e. The van der Waals surface area contributed by atoms with Gasteiger partial charge in [-0.2, -0.15) is 0 Å². The average molecular weight is 432 g/mol. The highest BCUT2D eigenvalue weighted by Crippen LogP contribution is 2.28. The van der Waals surface area contributed by atoms with Gasteiger partial charge in [0, 0.05) is 45.3 Å². The molecule has 0 heterocycles. The second-order valence-electron chi connectivity index (χ2n) is 8.92. The maximum Gasteiger partial charge on any atom is 0.410 e. The van der Waals surface area contributed by atoms with E-state index in [9.17, 15) is 9.59 Å². The standard InChI is InChI=1S/C23H37N5O3/c1-7-24-21(26-16-17-8-10-18(11-9-17)20(29)27(5)6)25-14-15-28(19-12-13-19)22(30)31-23(2,3)4/h8-11,19H,7,12-16H2,1-6H3,(H2,24,25,26). The van der Waals surface area contributed by atoms with Gasteiger partial charge in [0.05, 0.1) is 6.54 Å². The van der Waals surface area contributed by atoms with Gasteiger partial charge >= 0.3 is 6.09 Å². The molecule has 0 spiro atoms. The van der Waals surface area contributed by atoms with Crippen LogP contribution in [0.1, 0.15) is 56.5 Å². The van der Waals surface area contributed by atoms with Crippen molar-refractivity contribution in [3.8, 4) is 0 Å². The number of rotatable bonds is 8. The van der Waals surface area contributed by atoms with Crippen LogP contribution in [0.4, 0.5) is 4.79 Å². The summed E-state index contributed by atoms with van der Waals surface area (Å²) in [4.78, 5) is 32.5. The summed E-state index contributed by atoms with van der Waals surface area (Å²) in [5, 5.41) is 6.52. The lowest BCUT2D eigenvalue weighted by Crippen LogP contribution is -2.45. The number of hydrogen-bond donors (Lipinski definition) is 2. The highest BCUT2D eigenvalue weighted by Gasteiger charge is 2.34. The van der Waals surface area contributed by atoms with E-state index in [0.717, 1.165) is 24.9 Å². The topological polar surface area (TPSA) is 86.3 Å². The largest absolute Gasteiger partial charge is 0.444 e. The van der Waals surface area contributed by atoms with E-state index < -0.39 is 5.60 Å². The Labute approximate surface area is 186 Å². The molecule has 2 amide bonds. The van der Waals surface area contributed by atoms with Gasteiger partial charge in [0.2, 0.25) is 0 Å². The van der Waals surface area contributed by atoms with Crippen LogP contribution in [-0.2, 0) is 11.3 Å². The Morgan fingerprint density at radius 3 is 2.29 bits per heavy atom. The van der Waals surface area contributed by atoms with Crippen LogP contribution in [0, 0.1) is 0 Å². The Kier molecular flexibility index (Phi) is 8.71. The number of benzene rings is 1. The minimum Gasteiger partial charge on any atom is -0.444 e. The van der Waals surface area contributed by atoms with Gasteiger partial charge in [-0.25, -0.2) is 9.79 Å². The normalized spacial score (nSPS) is 14.1. The van der Waals surface area contributed by atoms with Gasteiger partial charge in [-0.1, -0.05) is 12.1 Å². The molecule has 1 saturated carbocycles. The lowest BCUT2D eigenvalue weighted by atomic mass is 10.1. The molecule has 172 valence electrons. The minimum atomic E-state index is -0.499. The number of ether oxygens (including phenoxy) is 1. The quantitative estimate of drug-likeness (QED) is 0.488. The summed E-state index contributed by atoms with van der Waals surface area (Å²) >= 11 is 0. The fraction of sp³-hybridized carbons (Fsp3) is 0.609. The molecular weight excluding hydrogens is 394 g/mol. The Balaban J connectivity index is 1.90. The summed E-state index contributed by atoms with van der Waals surface area (Å²) in [6.07, 6.45) is 1.80. The number of amides is 2. The van der Waals surface area contributed by atoms with Crippen LogP contribution in [0.3, 0.4) is 0 Å². The fourth-order valence-corrected chi connectivity index (χ4v) is 2.95. The first-order chi connectivity index (χ1) is 14.6. The second-order valence-corrected chi connectivity index (χ2v) is 8.92. The Morgan fingerprint density at radius 1 is 1.13 bits per heavy atom.